The van der Waals surface area contributed by atoms with Crippen LogP contribution in [0.3, 0.4) is 0 Å². The molecular formula is C24H34IN3O2. The summed E-state index contributed by atoms with van der Waals surface area (Å²) in [5, 5.41) is 3.44. The van der Waals surface area contributed by atoms with Gasteiger partial charge in [-0.1, -0.05) is 60.7 Å². The van der Waals surface area contributed by atoms with Gasteiger partial charge in [0.15, 0.2) is 5.96 Å². The molecule has 1 fully saturated rings. The summed E-state index contributed by atoms with van der Waals surface area (Å²) in [5.41, 5.74) is 2.38. The van der Waals surface area contributed by atoms with Gasteiger partial charge in [0.2, 0.25) is 0 Å². The molecule has 0 radical (unpaired) electrons. The highest BCUT2D eigenvalue weighted by molar-refractivity contribution is 14.0. The van der Waals surface area contributed by atoms with Gasteiger partial charge in [0.25, 0.3) is 0 Å². The lowest BCUT2D eigenvalue weighted by atomic mass is 10.1. The van der Waals surface area contributed by atoms with Crippen molar-refractivity contribution in [3.8, 4) is 0 Å². The summed E-state index contributed by atoms with van der Waals surface area (Å²) in [6.45, 7) is 7.02. The molecule has 6 heteroatoms. The van der Waals surface area contributed by atoms with Crippen LogP contribution in [0.1, 0.15) is 30.6 Å². The standard InChI is InChI=1S/C24H33N3O2.HI/c1-3-25-24(26-16-23(28-2)22-12-8-5-9-13-22)27-15-14-21(17-27)19-29-18-20-10-6-4-7-11-20;/h4-13,21,23H,3,14-19H2,1-2H3,(H,25,26);1H. The summed E-state index contributed by atoms with van der Waals surface area (Å²) in [6.07, 6.45) is 1.10. The van der Waals surface area contributed by atoms with E-state index in [0.29, 0.717) is 19.1 Å². The summed E-state index contributed by atoms with van der Waals surface area (Å²) in [7, 11) is 1.75. The Hall–Kier alpha value is -1.64. The molecule has 0 amide bonds. The molecule has 2 aromatic rings. The fourth-order valence-corrected chi connectivity index (χ4v) is 3.66. The molecule has 1 saturated heterocycles. The fourth-order valence-electron chi connectivity index (χ4n) is 3.66. The SMILES string of the molecule is CCNC(=NCC(OC)c1ccccc1)N1CCC(COCc2ccccc2)C1.I. The van der Waals surface area contributed by atoms with Crippen LogP contribution in [0.4, 0.5) is 0 Å². The van der Waals surface area contributed by atoms with Gasteiger partial charge in [-0.25, -0.2) is 0 Å². The average molecular weight is 523 g/mol. The summed E-state index contributed by atoms with van der Waals surface area (Å²) in [5.74, 6) is 1.51. The first-order valence-corrected chi connectivity index (χ1v) is 10.5. The van der Waals surface area contributed by atoms with Gasteiger partial charge in [-0.05, 0) is 24.5 Å². The molecule has 2 aromatic carbocycles. The lowest BCUT2D eigenvalue weighted by Gasteiger charge is -2.23. The molecule has 1 heterocycles. The number of guanidine groups is 1. The minimum atomic E-state index is -0.0301. The van der Waals surface area contributed by atoms with E-state index >= 15 is 0 Å². The van der Waals surface area contributed by atoms with Crippen LogP contribution in [0, 0.1) is 5.92 Å². The van der Waals surface area contributed by atoms with Crippen LogP contribution in [0.15, 0.2) is 65.7 Å². The quantitative estimate of drug-likeness (QED) is 0.299. The van der Waals surface area contributed by atoms with E-state index in [1.165, 1.54) is 5.56 Å². The fraction of sp³-hybridized carbons (Fsp3) is 0.458. The zero-order valence-electron chi connectivity index (χ0n) is 18.0. The second kappa shape index (κ2) is 13.6. The third kappa shape index (κ3) is 7.56. The maximum atomic E-state index is 5.96. The second-order valence-electron chi connectivity index (χ2n) is 7.43. The molecule has 0 bridgehead atoms. The minimum absolute atomic E-state index is 0. The van der Waals surface area contributed by atoms with Gasteiger partial charge >= 0.3 is 0 Å². The van der Waals surface area contributed by atoms with Crippen LogP contribution in [-0.2, 0) is 16.1 Å². The van der Waals surface area contributed by atoms with Crippen molar-refractivity contribution in [2.24, 2.45) is 10.9 Å². The molecular weight excluding hydrogens is 489 g/mol. The zero-order chi connectivity index (χ0) is 20.3. The van der Waals surface area contributed by atoms with E-state index in [1.54, 1.807) is 7.11 Å². The second-order valence-corrected chi connectivity index (χ2v) is 7.43. The van der Waals surface area contributed by atoms with Gasteiger partial charge in [-0.3, -0.25) is 4.99 Å². The van der Waals surface area contributed by atoms with E-state index in [-0.39, 0.29) is 30.1 Å². The molecule has 0 spiro atoms. The number of benzene rings is 2. The van der Waals surface area contributed by atoms with Gasteiger partial charge < -0.3 is 19.7 Å². The van der Waals surface area contributed by atoms with Crippen LogP contribution >= 0.6 is 24.0 Å². The lowest BCUT2D eigenvalue weighted by molar-refractivity contribution is 0.0906. The van der Waals surface area contributed by atoms with Crippen LogP contribution < -0.4 is 5.32 Å². The maximum absolute atomic E-state index is 5.96. The molecule has 1 N–H and O–H groups in total. The van der Waals surface area contributed by atoms with E-state index in [4.69, 9.17) is 14.5 Å². The predicted octanol–water partition coefficient (Wildman–Crippen LogP) is 4.50. The number of rotatable bonds is 9. The first kappa shape index (κ1) is 24.6. The number of likely N-dealkylation sites (tertiary alicyclic amines) is 1. The van der Waals surface area contributed by atoms with Gasteiger partial charge in [0, 0.05) is 32.7 Å². The normalized spacial score (nSPS) is 17.5. The Morgan fingerprint density at radius 1 is 1.13 bits per heavy atom. The minimum Gasteiger partial charge on any atom is -0.376 e. The van der Waals surface area contributed by atoms with Crippen molar-refractivity contribution in [2.45, 2.75) is 26.1 Å². The molecule has 1 aliphatic heterocycles. The molecule has 30 heavy (non-hydrogen) atoms. The molecule has 0 aliphatic carbocycles. The van der Waals surface area contributed by atoms with Gasteiger partial charge in [0.05, 0.1) is 19.8 Å². The van der Waals surface area contributed by atoms with Crippen molar-refractivity contribution in [3.63, 3.8) is 0 Å². The summed E-state index contributed by atoms with van der Waals surface area (Å²) in [6, 6.07) is 20.6. The van der Waals surface area contributed by atoms with E-state index in [2.05, 4.69) is 53.5 Å². The molecule has 3 rings (SSSR count). The number of nitrogens with zero attached hydrogens (tertiary/aromatic N) is 2. The Morgan fingerprint density at radius 3 is 2.50 bits per heavy atom. The summed E-state index contributed by atoms with van der Waals surface area (Å²) >= 11 is 0. The van der Waals surface area contributed by atoms with Crippen molar-refractivity contribution in [1.82, 2.24) is 10.2 Å². The molecule has 2 atom stereocenters. The highest BCUT2D eigenvalue weighted by atomic mass is 127. The number of hydrogen-bond acceptors (Lipinski definition) is 3. The smallest absolute Gasteiger partial charge is 0.194 e. The molecule has 5 nitrogen and oxygen atoms in total. The Bertz CT molecular complexity index is 743. The molecule has 1 aliphatic rings. The maximum Gasteiger partial charge on any atom is 0.194 e. The molecule has 164 valence electrons. The van der Waals surface area contributed by atoms with Crippen LogP contribution in [0.25, 0.3) is 0 Å². The van der Waals surface area contributed by atoms with E-state index < -0.39 is 0 Å². The lowest BCUT2D eigenvalue weighted by Crippen LogP contribution is -2.40. The molecule has 2 unspecified atom stereocenters. The van der Waals surface area contributed by atoms with Crippen LogP contribution in [-0.4, -0.2) is 50.8 Å². The molecule has 0 saturated carbocycles. The van der Waals surface area contributed by atoms with Crippen molar-refractivity contribution in [1.29, 1.82) is 0 Å². The van der Waals surface area contributed by atoms with E-state index in [1.807, 2.05) is 24.3 Å². The first-order valence-electron chi connectivity index (χ1n) is 10.5. The van der Waals surface area contributed by atoms with Crippen molar-refractivity contribution >= 4 is 29.9 Å². The average Bonchev–Trinajstić information content (AvgIpc) is 3.24. The first-order chi connectivity index (χ1) is 14.3. The molecule has 0 aromatic heterocycles. The Morgan fingerprint density at radius 2 is 1.83 bits per heavy atom. The number of halogens is 1. The number of methoxy groups -OCH3 is 1. The Balaban J connectivity index is 0.00000320. The van der Waals surface area contributed by atoms with Gasteiger partial charge in [0.1, 0.15) is 6.10 Å². The summed E-state index contributed by atoms with van der Waals surface area (Å²) in [4.78, 5) is 7.22. The highest BCUT2D eigenvalue weighted by Crippen LogP contribution is 2.19. The number of hydrogen-bond donors (Lipinski definition) is 1. The topological polar surface area (TPSA) is 46.1 Å². The van der Waals surface area contributed by atoms with Gasteiger partial charge in [-0.15, -0.1) is 24.0 Å². The van der Waals surface area contributed by atoms with Crippen molar-refractivity contribution in [2.75, 3.05) is 39.9 Å². The zero-order valence-corrected chi connectivity index (χ0v) is 20.3. The van der Waals surface area contributed by atoms with E-state index in [0.717, 1.165) is 44.2 Å². The number of ether oxygens (including phenoxy) is 2. The van der Waals surface area contributed by atoms with Crippen molar-refractivity contribution < 1.29 is 9.47 Å². The van der Waals surface area contributed by atoms with Crippen LogP contribution in [0.2, 0.25) is 0 Å². The van der Waals surface area contributed by atoms with Crippen LogP contribution in [0.5, 0.6) is 0 Å². The largest absolute Gasteiger partial charge is 0.376 e. The third-order valence-electron chi connectivity index (χ3n) is 5.25. The third-order valence-corrected chi connectivity index (χ3v) is 5.25. The summed E-state index contributed by atoms with van der Waals surface area (Å²) < 4.78 is 11.6. The van der Waals surface area contributed by atoms with E-state index in [9.17, 15) is 0 Å². The monoisotopic (exact) mass is 523 g/mol. The van der Waals surface area contributed by atoms with Gasteiger partial charge in [-0.2, -0.15) is 0 Å². The predicted molar refractivity (Wildman–Crippen MR) is 133 cm³/mol. The Kier molecular flexibility index (Phi) is 11.2. The number of aliphatic imine (C=N–C) groups is 1. The van der Waals surface area contributed by atoms with Crippen molar-refractivity contribution in [3.05, 3.63) is 71.8 Å². The number of nitrogens with one attached hydrogen (secondary N) is 1. The Labute approximate surface area is 197 Å². The highest BCUT2D eigenvalue weighted by Gasteiger charge is 2.25.